The predicted octanol–water partition coefficient (Wildman–Crippen LogP) is 1.56. The van der Waals surface area contributed by atoms with Crippen LogP contribution in [0.25, 0.3) is 5.52 Å². The van der Waals surface area contributed by atoms with Crippen molar-refractivity contribution >= 4 is 11.3 Å². The minimum Gasteiger partial charge on any atom is -0.355 e. The monoisotopic (exact) mass is 259 g/mol. The lowest BCUT2D eigenvalue weighted by molar-refractivity contribution is 0.394. The van der Waals surface area contributed by atoms with Gasteiger partial charge in [0.1, 0.15) is 5.52 Å². The largest absolute Gasteiger partial charge is 0.355 e. The van der Waals surface area contributed by atoms with Crippen LogP contribution in [0, 0.1) is 5.92 Å². The zero-order valence-corrected chi connectivity index (χ0v) is 11.4. The van der Waals surface area contributed by atoms with Crippen LogP contribution in [0.3, 0.4) is 0 Å². The Bertz CT molecular complexity index is 535. The summed E-state index contributed by atoms with van der Waals surface area (Å²) in [5.41, 5.74) is 1.10. The highest BCUT2D eigenvalue weighted by Crippen LogP contribution is 2.24. The molecule has 0 aliphatic carbocycles. The maximum atomic E-state index is 4.56. The van der Waals surface area contributed by atoms with Gasteiger partial charge in [-0.2, -0.15) is 5.10 Å². The van der Waals surface area contributed by atoms with Crippen LogP contribution >= 0.6 is 0 Å². The van der Waals surface area contributed by atoms with Crippen molar-refractivity contribution in [1.29, 1.82) is 0 Å². The Morgan fingerprint density at radius 3 is 3.26 bits per heavy atom. The first-order chi connectivity index (χ1) is 9.38. The maximum Gasteiger partial charge on any atom is 0.154 e. The maximum absolute atomic E-state index is 4.56. The topological polar surface area (TPSA) is 45.5 Å². The van der Waals surface area contributed by atoms with Crippen molar-refractivity contribution in [3.05, 3.63) is 24.7 Å². The first kappa shape index (κ1) is 12.4. The Morgan fingerprint density at radius 2 is 2.37 bits per heavy atom. The fraction of sp³-hybridized carbons (Fsp3) is 0.571. The van der Waals surface area contributed by atoms with E-state index in [0.717, 1.165) is 43.4 Å². The Kier molecular flexibility index (Phi) is 3.64. The van der Waals surface area contributed by atoms with Gasteiger partial charge in [0.15, 0.2) is 5.82 Å². The second kappa shape index (κ2) is 5.57. The smallest absolute Gasteiger partial charge is 0.154 e. The number of nitrogens with zero attached hydrogens (tertiary/aromatic N) is 4. The van der Waals surface area contributed by atoms with Gasteiger partial charge < -0.3 is 10.2 Å². The van der Waals surface area contributed by atoms with Crippen molar-refractivity contribution in [2.75, 3.05) is 31.1 Å². The van der Waals surface area contributed by atoms with Crippen LogP contribution in [0.2, 0.25) is 0 Å². The quantitative estimate of drug-likeness (QED) is 0.905. The third-order valence-corrected chi connectivity index (χ3v) is 3.81. The predicted molar refractivity (Wildman–Crippen MR) is 76.5 cm³/mol. The van der Waals surface area contributed by atoms with Gasteiger partial charge in [-0.1, -0.05) is 6.92 Å². The Hall–Kier alpha value is -1.62. The molecule has 1 aliphatic rings. The van der Waals surface area contributed by atoms with E-state index in [4.69, 9.17) is 0 Å². The summed E-state index contributed by atoms with van der Waals surface area (Å²) in [5, 5.41) is 7.74. The van der Waals surface area contributed by atoms with E-state index in [9.17, 15) is 0 Å². The van der Waals surface area contributed by atoms with Crippen LogP contribution in [-0.2, 0) is 0 Å². The van der Waals surface area contributed by atoms with Crippen molar-refractivity contribution in [3.8, 4) is 0 Å². The molecule has 0 radical (unpaired) electrons. The molecule has 102 valence electrons. The summed E-state index contributed by atoms with van der Waals surface area (Å²) in [5.74, 6) is 1.79. The molecule has 5 nitrogen and oxygen atoms in total. The number of nitrogens with one attached hydrogen (secondary N) is 1. The van der Waals surface area contributed by atoms with Gasteiger partial charge in [-0.05, 0) is 37.9 Å². The number of fused-ring (bicyclic) bond motifs is 1. The molecule has 1 aliphatic heterocycles. The third-order valence-electron chi connectivity index (χ3n) is 3.81. The molecule has 3 heterocycles. The van der Waals surface area contributed by atoms with E-state index in [2.05, 4.69) is 27.2 Å². The van der Waals surface area contributed by atoms with Crippen LogP contribution in [0.4, 0.5) is 5.82 Å². The van der Waals surface area contributed by atoms with Gasteiger partial charge in [0.05, 0.1) is 6.20 Å². The number of hydrogen-bond donors (Lipinski definition) is 1. The van der Waals surface area contributed by atoms with Crippen LogP contribution in [-0.4, -0.2) is 40.8 Å². The molecular formula is C14H21N5. The molecule has 0 aromatic carbocycles. The molecule has 2 aromatic rings. The average molecular weight is 259 g/mol. The average Bonchev–Trinajstić information content (AvgIpc) is 2.93. The van der Waals surface area contributed by atoms with Gasteiger partial charge in [-0.25, -0.2) is 9.50 Å². The van der Waals surface area contributed by atoms with Crippen LogP contribution in [0.1, 0.15) is 19.8 Å². The highest BCUT2D eigenvalue weighted by Gasteiger charge is 2.22. The molecule has 5 heteroatoms. The third kappa shape index (κ3) is 2.56. The molecule has 1 N–H and O–H groups in total. The zero-order chi connectivity index (χ0) is 13.1. The molecule has 0 amide bonds. The summed E-state index contributed by atoms with van der Waals surface area (Å²) >= 11 is 0. The van der Waals surface area contributed by atoms with E-state index in [1.54, 1.807) is 0 Å². The first-order valence-electron chi connectivity index (χ1n) is 7.12. The number of rotatable bonds is 4. The molecule has 1 saturated heterocycles. The number of piperidine rings is 1. The lowest BCUT2D eigenvalue weighted by atomic mass is 9.98. The number of aromatic nitrogens is 3. The minimum atomic E-state index is 0.721. The van der Waals surface area contributed by atoms with Gasteiger partial charge in [-0.3, -0.25) is 0 Å². The van der Waals surface area contributed by atoms with Crippen LogP contribution in [0.15, 0.2) is 24.7 Å². The van der Waals surface area contributed by atoms with Crippen LogP contribution in [0.5, 0.6) is 0 Å². The Morgan fingerprint density at radius 1 is 1.42 bits per heavy atom. The summed E-state index contributed by atoms with van der Waals surface area (Å²) in [6.45, 7) is 6.50. The second-order valence-electron chi connectivity index (χ2n) is 5.17. The molecule has 2 aromatic heterocycles. The van der Waals surface area contributed by atoms with Gasteiger partial charge in [0.25, 0.3) is 0 Å². The van der Waals surface area contributed by atoms with Crippen molar-refractivity contribution in [3.63, 3.8) is 0 Å². The first-order valence-corrected chi connectivity index (χ1v) is 7.12. The lowest BCUT2D eigenvalue weighted by Gasteiger charge is -2.33. The van der Waals surface area contributed by atoms with E-state index in [0.29, 0.717) is 0 Å². The van der Waals surface area contributed by atoms with Crippen LogP contribution < -0.4 is 10.2 Å². The molecule has 3 rings (SSSR count). The molecule has 1 atom stereocenters. The zero-order valence-electron chi connectivity index (χ0n) is 11.4. The molecule has 0 bridgehead atoms. The van der Waals surface area contributed by atoms with E-state index < -0.39 is 0 Å². The van der Waals surface area contributed by atoms with Gasteiger partial charge in [-0.15, -0.1) is 0 Å². The molecule has 19 heavy (non-hydrogen) atoms. The molecule has 1 unspecified atom stereocenters. The van der Waals surface area contributed by atoms with Crippen molar-refractivity contribution in [1.82, 2.24) is 19.9 Å². The summed E-state index contributed by atoms with van der Waals surface area (Å²) < 4.78 is 1.90. The Balaban J connectivity index is 1.79. The van der Waals surface area contributed by atoms with Crippen molar-refractivity contribution < 1.29 is 0 Å². The van der Waals surface area contributed by atoms with Crippen molar-refractivity contribution in [2.45, 2.75) is 19.8 Å². The highest BCUT2D eigenvalue weighted by atomic mass is 15.3. The number of anilines is 1. The van der Waals surface area contributed by atoms with Gasteiger partial charge >= 0.3 is 0 Å². The normalized spacial score (nSPS) is 20.1. The SMILES string of the molecule is CCNCC1CCCN(c2nccn3nccc23)C1. The summed E-state index contributed by atoms with van der Waals surface area (Å²) in [4.78, 5) is 6.97. The fourth-order valence-electron chi connectivity index (χ4n) is 2.86. The van der Waals surface area contributed by atoms with E-state index >= 15 is 0 Å². The number of hydrogen-bond acceptors (Lipinski definition) is 4. The fourth-order valence-corrected chi connectivity index (χ4v) is 2.86. The lowest BCUT2D eigenvalue weighted by Crippen LogP contribution is -2.40. The molecule has 0 spiro atoms. The van der Waals surface area contributed by atoms with Crippen molar-refractivity contribution in [2.24, 2.45) is 5.92 Å². The van der Waals surface area contributed by atoms with E-state index in [1.165, 1.54) is 12.8 Å². The summed E-state index contributed by atoms with van der Waals surface area (Å²) in [7, 11) is 0. The molecule has 1 fully saturated rings. The Labute approximate surface area is 113 Å². The minimum absolute atomic E-state index is 0.721. The molecule has 0 saturated carbocycles. The molecular weight excluding hydrogens is 238 g/mol. The van der Waals surface area contributed by atoms with E-state index in [1.807, 2.05) is 29.2 Å². The summed E-state index contributed by atoms with van der Waals surface area (Å²) in [6.07, 6.45) is 8.13. The highest BCUT2D eigenvalue weighted by molar-refractivity contribution is 5.68. The second-order valence-corrected chi connectivity index (χ2v) is 5.17. The van der Waals surface area contributed by atoms with Gasteiger partial charge in [0, 0.05) is 25.5 Å². The van der Waals surface area contributed by atoms with Gasteiger partial charge in [0.2, 0.25) is 0 Å². The standard InChI is InChI=1S/C14H21N5/c1-2-15-10-12-4-3-8-18(11-12)14-13-5-6-17-19(13)9-7-16-14/h5-7,9,12,15H,2-4,8,10-11H2,1H3. The summed E-state index contributed by atoms with van der Waals surface area (Å²) in [6, 6.07) is 2.04. The van der Waals surface area contributed by atoms with E-state index in [-0.39, 0.29) is 0 Å².